The van der Waals surface area contributed by atoms with E-state index < -0.39 is 5.82 Å². The monoisotopic (exact) mass is 279 g/mol. The van der Waals surface area contributed by atoms with Gasteiger partial charge in [0, 0.05) is 18.7 Å². The molecule has 0 aliphatic carbocycles. The van der Waals surface area contributed by atoms with Crippen LogP contribution in [0.5, 0.6) is 5.75 Å². The van der Waals surface area contributed by atoms with Crippen LogP contribution in [0.4, 0.5) is 4.39 Å². The molecular formula is C14H18FN3O2. The second kappa shape index (κ2) is 8.88. The van der Waals surface area contributed by atoms with Crippen molar-refractivity contribution in [3.63, 3.8) is 0 Å². The van der Waals surface area contributed by atoms with Gasteiger partial charge in [-0.25, -0.2) is 4.39 Å². The molecule has 0 bridgehead atoms. The highest BCUT2D eigenvalue weighted by molar-refractivity contribution is 5.77. The Hall–Kier alpha value is -2.13. The van der Waals surface area contributed by atoms with Crippen LogP contribution in [-0.2, 0) is 11.3 Å². The van der Waals surface area contributed by atoms with E-state index in [1.807, 2.05) is 13.0 Å². The molecule has 0 spiro atoms. The number of para-hydroxylation sites is 1. The molecule has 0 fully saturated rings. The van der Waals surface area contributed by atoms with Gasteiger partial charge in [-0.3, -0.25) is 4.79 Å². The fourth-order valence-electron chi connectivity index (χ4n) is 1.56. The van der Waals surface area contributed by atoms with Crippen molar-refractivity contribution in [2.45, 2.75) is 19.9 Å². The van der Waals surface area contributed by atoms with Gasteiger partial charge in [-0.05, 0) is 12.6 Å². The van der Waals surface area contributed by atoms with Crippen molar-refractivity contribution >= 4 is 5.91 Å². The second-order valence-electron chi connectivity index (χ2n) is 4.06. The van der Waals surface area contributed by atoms with E-state index in [1.54, 1.807) is 12.1 Å². The number of benzene rings is 1. The number of carbonyl (C=O) groups is 1. The third-order valence-corrected chi connectivity index (χ3v) is 2.52. The van der Waals surface area contributed by atoms with Gasteiger partial charge in [0.1, 0.15) is 0 Å². The van der Waals surface area contributed by atoms with E-state index in [1.165, 1.54) is 6.07 Å². The van der Waals surface area contributed by atoms with Gasteiger partial charge in [0.25, 0.3) is 5.91 Å². The molecule has 108 valence electrons. The Bertz CT molecular complexity index is 486. The Morgan fingerprint density at radius 2 is 2.30 bits per heavy atom. The molecule has 1 aromatic carbocycles. The number of nitrogens with zero attached hydrogens (tertiary/aromatic N) is 1. The lowest BCUT2D eigenvalue weighted by molar-refractivity contribution is -0.123. The Balaban J connectivity index is 2.58. The molecule has 1 aromatic rings. The van der Waals surface area contributed by atoms with E-state index >= 15 is 0 Å². The Morgan fingerprint density at radius 3 is 3.00 bits per heavy atom. The molecule has 2 N–H and O–H groups in total. The molecule has 1 rings (SSSR count). The molecular weight excluding hydrogens is 261 g/mol. The zero-order valence-electron chi connectivity index (χ0n) is 11.4. The fraction of sp³-hybridized carbons (Fsp3) is 0.429. The van der Waals surface area contributed by atoms with Crippen LogP contribution in [0.2, 0.25) is 0 Å². The summed E-state index contributed by atoms with van der Waals surface area (Å²) in [4.78, 5) is 11.4. The largest absolute Gasteiger partial charge is 0.480 e. The molecule has 0 saturated heterocycles. The van der Waals surface area contributed by atoms with Crippen LogP contribution in [0.15, 0.2) is 18.2 Å². The zero-order valence-corrected chi connectivity index (χ0v) is 11.4. The first-order valence-electron chi connectivity index (χ1n) is 6.43. The minimum Gasteiger partial charge on any atom is -0.480 e. The van der Waals surface area contributed by atoms with Crippen molar-refractivity contribution in [2.75, 3.05) is 19.7 Å². The standard InChI is InChI=1S/C14H18FN3O2/c1-2-17-9-11-5-3-6-12(15)14(11)20-10-13(19)18-8-4-7-16/h3,5-6,17H,2,4,8-10H2,1H3,(H,18,19). The van der Waals surface area contributed by atoms with Gasteiger partial charge < -0.3 is 15.4 Å². The van der Waals surface area contributed by atoms with Crippen molar-refractivity contribution in [1.82, 2.24) is 10.6 Å². The molecule has 0 atom stereocenters. The maximum absolute atomic E-state index is 13.7. The summed E-state index contributed by atoms with van der Waals surface area (Å²) in [6.45, 7) is 3.17. The maximum Gasteiger partial charge on any atom is 0.257 e. The molecule has 0 aliphatic heterocycles. The van der Waals surface area contributed by atoms with Crippen LogP contribution < -0.4 is 15.4 Å². The van der Waals surface area contributed by atoms with E-state index in [9.17, 15) is 9.18 Å². The first-order valence-corrected chi connectivity index (χ1v) is 6.43. The topological polar surface area (TPSA) is 74.2 Å². The number of hydrogen-bond donors (Lipinski definition) is 2. The number of carbonyl (C=O) groups excluding carboxylic acids is 1. The maximum atomic E-state index is 13.7. The van der Waals surface area contributed by atoms with Gasteiger partial charge in [-0.1, -0.05) is 19.1 Å². The van der Waals surface area contributed by atoms with Gasteiger partial charge >= 0.3 is 0 Å². The number of rotatable bonds is 8. The number of nitrogens with one attached hydrogen (secondary N) is 2. The molecule has 1 amide bonds. The normalized spacial score (nSPS) is 9.85. The summed E-state index contributed by atoms with van der Waals surface area (Å²) in [5.74, 6) is -0.785. The van der Waals surface area contributed by atoms with E-state index in [0.29, 0.717) is 12.1 Å². The average Bonchev–Trinajstić information content (AvgIpc) is 2.44. The summed E-state index contributed by atoms with van der Waals surface area (Å²) in [5.41, 5.74) is 0.664. The third-order valence-electron chi connectivity index (χ3n) is 2.52. The van der Waals surface area contributed by atoms with Gasteiger partial charge in [-0.2, -0.15) is 5.26 Å². The van der Waals surface area contributed by atoms with Gasteiger partial charge in [-0.15, -0.1) is 0 Å². The summed E-state index contributed by atoms with van der Waals surface area (Å²) >= 11 is 0. The molecule has 6 heteroatoms. The number of nitriles is 1. The van der Waals surface area contributed by atoms with E-state index in [0.717, 1.165) is 6.54 Å². The molecule has 20 heavy (non-hydrogen) atoms. The Morgan fingerprint density at radius 1 is 1.50 bits per heavy atom. The lowest BCUT2D eigenvalue weighted by Gasteiger charge is -2.12. The van der Waals surface area contributed by atoms with Crippen LogP contribution in [0.3, 0.4) is 0 Å². The second-order valence-corrected chi connectivity index (χ2v) is 4.06. The SMILES string of the molecule is CCNCc1cccc(F)c1OCC(=O)NCCC#N. The van der Waals surface area contributed by atoms with Crippen LogP contribution in [-0.4, -0.2) is 25.6 Å². The van der Waals surface area contributed by atoms with Gasteiger partial charge in [0.15, 0.2) is 18.2 Å². The predicted octanol–water partition coefficient (Wildman–Crippen LogP) is 1.34. The number of halogens is 1. The predicted molar refractivity (Wildman–Crippen MR) is 72.5 cm³/mol. The van der Waals surface area contributed by atoms with Crippen LogP contribution >= 0.6 is 0 Å². The highest BCUT2D eigenvalue weighted by Crippen LogP contribution is 2.22. The summed E-state index contributed by atoms with van der Waals surface area (Å²) in [5, 5.41) is 13.9. The van der Waals surface area contributed by atoms with Crippen molar-refractivity contribution < 1.29 is 13.9 Å². The summed E-state index contributed by atoms with van der Waals surface area (Å²) in [6.07, 6.45) is 0.233. The van der Waals surface area contributed by atoms with Crippen molar-refractivity contribution in [2.24, 2.45) is 0 Å². The third kappa shape index (κ3) is 5.24. The van der Waals surface area contributed by atoms with Gasteiger partial charge in [0.2, 0.25) is 0 Å². The van der Waals surface area contributed by atoms with E-state index in [-0.39, 0.29) is 31.2 Å². The first-order chi connectivity index (χ1) is 9.69. The Kier molecular flexibility index (Phi) is 7.07. The van der Waals surface area contributed by atoms with E-state index in [2.05, 4.69) is 10.6 Å². The van der Waals surface area contributed by atoms with Crippen molar-refractivity contribution in [3.05, 3.63) is 29.6 Å². The molecule has 0 aromatic heterocycles. The lowest BCUT2D eigenvalue weighted by atomic mass is 10.2. The molecule has 0 aliphatic rings. The van der Waals surface area contributed by atoms with Crippen molar-refractivity contribution in [3.8, 4) is 11.8 Å². The molecule has 0 heterocycles. The van der Waals surface area contributed by atoms with Crippen LogP contribution in [0, 0.1) is 17.1 Å². The molecule has 0 radical (unpaired) electrons. The molecule has 0 saturated carbocycles. The van der Waals surface area contributed by atoms with E-state index in [4.69, 9.17) is 10.00 Å². The van der Waals surface area contributed by atoms with Crippen LogP contribution in [0.25, 0.3) is 0 Å². The average molecular weight is 279 g/mol. The summed E-state index contributed by atoms with van der Waals surface area (Å²) in [7, 11) is 0. The summed E-state index contributed by atoms with van der Waals surface area (Å²) in [6, 6.07) is 6.55. The highest BCUT2D eigenvalue weighted by atomic mass is 19.1. The smallest absolute Gasteiger partial charge is 0.257 e. The fourth-order valence-corrected chi connectivity index (χ4v) is 1.56. The number of amides is 1. The quantitative estimate of drug-likeness (QED) is 0.704. The Labute approximate surface area is 117 Å². The minimum absolute atomic E-state index is 0.0869. The zero-order chi connectivity index (χ0) is 14.8. The number of ether oxygens (including phenoxy) is 1. The van der Waals surface area contributed by atoms with Crippen molar-refractivity contribution in [1.29, 1.82) is 5.26 Å². The molecule has 5 nitrogen and oxygen atoms in total. The minimum atomic E-state index is -0.495. The van der Waals surface area contributed by atoms with Gasteiger partial charge in [0.05, 0.1) is 12.5 Å². The number of hydrogen-bond acceptors (Lipinski definition) is 4. The first kappa shape index (κ1) is 15.9. The van der Waals surface area contributed by atoms with Crippen LogP contribution in [0.1, 0.15) is 18.9 Å². The summed E-state index contributed by atoms with van der Waals surface area (Å²) < 4.78 is 19.0. The lowest BCUT2D eigenvalue weighted by Crippen LogP contribution is -2.30. The molecule has 0 unspecified atom stereocenters. The highest BCUT2D eigenvalue weighted by Gasteiger charge is 2.11.